The largest absolute Gasteiger partial charge is 0.342 e. The predicted octanol–water partition coefficient (Wildman–Crippen LogP) is 0.612. The minimum atomic E-state index is 0.225. The molecular weight excluding hydrogens is 176 g/mol. The summed E-state index contributed by atoms with van der Waals surface area (Å²) in [5.74, 6) is 2.80. The van der Waals surface area contributed by atoms with E-state index in [1.54, 1.807) is 0 Å². The molecular formula is C11H18N2O. The maximum atomic E-state index is 11.5. The van der Waals surface area contributed by atoms with E-state index in [9.17, 15) is 4.79 Å². The van der Waals surface area contributed by atoms with E-state index in [2.05, 4.69) is 11.2 Å². The summed E-state index contributed by atoms with van der Waals surface area (Å²) in [5, 5.41) is 3.11. The van der Waals surface area contributed by atoms with Crippen LogP contribution in [0.2, 0.25) is 0 Å². The van der Waals surface area contributed by atoms with Gasteiger partial charge in [0.2, 0.25) is 5.91 Å². The van der Waals surface area contributed by atoms with Crippen LogP contribution in [-0.2, 0) is 4.79 Å². The summed E-state index contributed by atoms with van der Waals surface area (Å²) in [7, 11) is 0. The summed E-state index contributed by atoms with van der Waals surface area (Å²) >= 11 is 0. The van der Waals surface area contributed by atoms with Gasteiger partial charge in [0.05, 0.1) is 6.54 Å². The maximum Gasteiger partial charge on any atom is 0.236 e. The minimum absolute atomic E-state index is 0.225. The molecule has 0 atom stereocenters. The summed E-state index contributed by atoms with van der Waals surface area (Å²) < 4.78 is 0. The maximum absolute atomic E-state index is 11.5. The van der Waals surface area contributed by atoms with Crippen LogP contribution in [0.25, 0.3) is 0 Å². The quantitative estimate of drug-likeness (QED) is 0.514. The summed E-state index contributed by atoms with van der Waals surface area (Å²) in [6.45, 7) is 3.17. The molecule has 1 N–H and O–H groups in total. The van der Waals surface area contributed by atoms with Crippen LogP contribution < -0.4 is 5.32 Å². The summed E-state index contributed by atoms with van der Waals surface area (Å²) in [6, 6.07) is 0. The zero-order valence-corrected chi connectivity index (χ0v) is 8.59. The number of nitrogens with one attached hydrogen (secondary N) is 1. The van der Waals surface area contributed by atoms with Crippen molar-refractivity contribution in [1.29, 1.82) is 0 Å². The van der Waals surface area contributed by atoms with Crippen LogP contribution in [-0.4, -0.2) is 37.0 Å². The molecule has 1 heterocycles. The molecule has 0 unspecified atom stereocenters. The Morgan fingerprint density at radius 1 is 1.43 bits per heavy atom. The summed E-state index contributed by atoms with van der Waals surface area (Å²) in [6.07, 6.45) is 9.16. The molecule has 0 bridgehead atoms. The van der Waals surface area contributed by atoms with Crippen molar-refractivity contribution in [2.45, 2.75) is 25.7 Å². The third-order valence-electron chi connectivity index (χ3n) is 2.41. The van der Waals surface area contributed by atoms with Gasteiger partial charge in [-0.05, 0) is 25.8 Å². The van der Waals surface area contributed by atoms with Gasteiger partial charge in [0.1, 0.15) is 0 Å². The molecule has 1 aliphatic heterocycles. The fraction of sp³-hybridized carbons (Fsp3) is 0.727. The Morgan fingerprint density at radius 2 is 2.14 bits per heavy atom. The van der Waals surface area contributed by atoms with E-state index < -0.39 is 0 Å². The van der Waals surface area contributed by atoms with Crippen LogP contribution in [0.5, 0.6) is 0 Å². The Hall–Kier alpha value is -1.01. The van der Waals surface area contributed by atoms with E-state index in [1.165, 1.54) is 0 Å². The highest BCUT2D eigenvalue weighted by atomic mass is 16.2. The second-order valence-electron chi connectivity index (χ2n) is 3.57. The lowest BCUT2D eigenvalue weighted by Gasteiger charge is -2.15. The van der Waals surface area contributed by atoms with E-state index >= 15 is 0 Å². The summed E-state index contributed by atoms with van der Waals surface area (Å²) in [4.78, 5) is 13.4. The van der Waals surface area contributed by atoms with Crippen LogP contribution in [0.3, 0.4) is 0 Å². The third-order valence-corrected chi connectivity index (χ3v) is 2.41. The first kappa shape index (κ1) is 11.1. The second-order valence-corrected chi connectivity index (χ2v) is 3.57. The fourth-order valence-corrected chi connectivity index (χ4v) is 1.59. The number of hydrogen-bond donors (Lipinski definition) is 1. The smallest absolute Gasteiger partial charge is 0.236 e. The molecule has 0 aromatic carbocycles. The van der Waals surface area contributed by atoms with Gasteiger partial charge in [-0.2, -0.15) is 0 Å². The van der Waals surface area contributed by atoms with Gasteiger partial charge < -0.3 is 10.2 Å². The van der Waals surface area contributed by atoms with Crippen LogP contribution in [0.15, 0.2) is 0 Å². The summed E-state index contributed by atoms with van der Waals surface area (Å²) in [5.41, 5.74) is 0. The second kappa shape index (κ2) is 6.44. The monoisotopic (exact) mass is 194 g/mol. The average Bonchev–Trinajstić information content (AvgIpc) is 2.70. The number of likely N-dealkylation sites (tertiary alicyclic amines) is 1. The number of hydrogen-bond acceptors (Lipinski definition) is 2. The Morgan fingerprint density at radius 3 is 2.79 bits per heavy atom. The zero-order valence-electron chi connectivity index (χ0n) is 8.59. The molecule has 0 radical (unpaired) electrons. The fourth-order valence-electron chi connectivity index (χ4n) is 1.59. The van der Waals surface area contributed by atoms with Crippen molar-refractivity contribution in [3.8, 4) is 12.3 Å². The molecule has 1 amide bonds. The van der Waals surface area contributed by atoms with Crippen molar-refractivity contribution in [1.82, 2.24) is 10.2 Å². The highest BCUT2D eigenvalue weighted by molar-refractivity contribution is 5.78. The number of unbranched alkanes of at least 4 members (excludes halogenated alkanes) is 1. The number of carbonyl (C=O) groups excluding carboxylic acids is 1. The third kappa shape index (κ3) is 3.80. The number of carbonyl (C=O) groups is 1. The van der Waals surface area contributed by atoms with E-state index in [1.807, 2.05) is 4.90 Å². The molecule has 1 fully saturated rings. The standard InChI is InChI=1S/C11H18N2O/c1-2-3-4-7-12-10-11(14)13-8-5-6-9-13/h1,12H,3-10H2. The Kier molecular flexibility index (Phi) is 5.09. The zero-order chi connectivity index (χ0) is 10.2. The van der Waals surface area contributed by atoms with Crippen molar-refractivity contribution in [2.75, 3.05) is 26.2 Å². The molecule has 14 heavy (non-hydrogen) atoms. The van der Waals surface area contributed by atoms with E-state index in [0.717, 1.165) is 45.3 Å². The molecule has 1 aliphatic rings. The van der Waals surface area contributed by atoms with Crippen molar-refractivity contribution >= 4 is 5.91 Å². The van der Waals surface area contributed by atoms with Crippen molar-refractivity contribution in [2.24, 2.45) is 0 Å². The lowest BCUT2D eigenvalue weighted by molar-refractivity contribution is -0.129. The van der Waals surface area contributed by atoms with Crippen LogP contribution in [0.1, 0.15) is 25.7 Å². The average molecular weight is 194 g/mol. The van der Waals surface area contributed by atoms with Crippen LogP contribution in [0.4, 0.5) is 0 Å². The Labute approximate surface area is 85.9 Å². The Balaban J connectivity index is 2.00. The molecule has 1 saturated heterocycles. The van der Waals surface area contributed by atoms with Gasteiger partial charge in [-0.3, -0.25) is 4.79 Å². The topological polar surface area (TPSA) is 32.3 Å². The molecule has 3 heteroatoms. The number of terminal acetylenes is 1. The van der Waals surface area contributed by atoms with Crippen molar-refractivity contribution in [3.05, 3.63) is 0 Å². The highest BCUT2D eigenvalue weighted by Crippen LogP contribution is 2.06. The van der Waals surface area contributed by atoms with E-state index in [0.29, 0.717) is 6.54 Å². The minimum Gasteiger partial charge on any atom is -0.342 e. The molecule has 0 aromatic rings. The van der Waals surface area contributed by atoms with Gasteiger partial charge in [0.25, 0.3) is 0 Å². The van der Waals surface area contributed by atoms with Gasteiger partial charge >= 0.3 is 0 Å². The van der Waals surface area contributed by atoms with E-state index in [4.69, 9.17) is 6.42 Å². The van der Waals surface area contributed by atoms with Gasteiger partial charge in [-0.1, -0.05) is 0 Å². The molecule has 0 spiro atoms. The predicted molar refractivity (Wildman–Crippen MR) is 56.8 cm³/mol. The first-order valence-corrected chi connectivity index (χ1v) is 5.26. The molecule has 0 aromatic heterocycles. The number of rotatable bonds is 5. The van der Waals surface area contributed by atoms with Gasteiger partial charge in [-0.25, -0.2) is 0 Å². The first-order valence-electron chi connectivity index (χ1n) is 5.26. The normalized spacial score (nSPS) is 15.5. The SMILES string of the molecule is C#CCCCNCC(=O)N1CCCC1. The highest BCUT2D eigenvalue weighted by Gasteiger charge is 2.16. The first-order chi connectivity index (χ1) is 6.84. The lowest BCUT2D eigenvalue weighted by Crippen LogP contribution is -2.36. The molecule has 78 valence electrons. The Bertz CT molecular complexity index is 214. The van der Waals surface area contributed by atoms with E-state index in [-0.39, 0.29) is 5.91 Å². The van der Waals surface area contributed by atoms with Crippen LogP contribution >= 0.6 is 0 Å². The number of amides is 1. The lowest BCUT2D eigenvalue weighted by atomic mass is 10.3. The molecule has 3 nitrogen and oxygen atoms in total. The van der Waals surface area contributed by atoms with Crippen LogP contribution in [0, 0.1) is 12.3 Å². The van der Waals surface area contributed by atoms with Gasteiger partial charge in [0, 0.05) is 19.5 Å². The molecule has 0 aliphatic carbocycles. The molecule has 1 rings (SSSR count). The van der Waals surface area contributed by atoms with Crippen molar-refractivity contribution < 1.29 is 4.79 Å². The van der Waals surface area contributed by atoms with Gasteiger partial charge in [-0.15, -0.1) is 12.3 Å². The van der Waals surface area contributed by atoms with Crippen molar-refractivity contribution in [3.63, 3.8) is 0 Å². The number of nitrogens with zero attached hydrogens (tertiary/aromatic N) is 1. The van der Waals surface area contributed by atoms with Gasteiger partial charge in [0.15, 0.2) is 0 Å². The molecule has 0 saturated carbocycles.